The van der Waals surface area contributed by atoms with E-state index in [9.17, 15) is 18.4 Å². The first-order valence-corrected chi connectivity index (χ1v) is 22.4. The molecule has 2 amide bonds. The fourth-order valence-electron chi connectivity index (χ4n) is 8.85. The third kappa shape index (κ3) is 8.19. The number of nitrogens with one attached hydrogen (secondary N) is 2. The lowest BCUT2D eigenvalue weighted by atomic mass is 10.0. The maximum absolute atomic E-state index is 14.4. The minimum Gasteiger partial charge on any atom is -0.457 e. The summed E-state index contributed by atoms with van der Waals surface area (Å²) in [5.41, 5.74) is 10.6. The number of nitrogens with zero attached hydrogens (tertiary/aromatic N) is 12. The summed E-state index contributed by atoms with van der Waals surface area (Å²) in [7, 11) is 0. The first-order chi connectivity index (χ1) is 33.1. The van der Waals surface area contributed by atoms with E-state index in [0.717, 1.165) is 42.2 Å². The number of carbonyl (C=O) groups is 2. The Kier molecular flexibility index (Phi) is 10.9. The number of aromatic nitrogens is 10. The third-order valence-electron chi connectivity index (χ3n) is 12.6. The molecule has 4 N–H and O–H groups in total. The maximum Gasteiger partial charge on any atom is 0.410 e. The van der Waals surface area contributed by atoms with Gasteiger partial charge >= 0.3 is 6.09 Å². The lowest BCUT2D eigenvalue weighted by Gasteiger charge is -2.34. The average Bonchev–Trinajstić information content (AvgIpc) is 3.77. The number of nitrogen functional groups attached to an aromatic ring is 1. The Morgan fingerprint density at radius 2 is 1.68 bits per heavy atom. The van der Waals surface area contributed by atoms with Crippen LogP contribution in [0.15, 0.2) is 91.4 Å². The van der Waals surface area contributed by atoms with Gasteiger partial charge in [0.25, 0.3) is 5.91 Å². The van der Waals surface area contributed by atoms with Gasteiger partial charge in [-0.25, -0.2) is 33.2 Å². The number of carbonyl (C=O) groups excluding carboxylic acids is 2. The summed E-state index contributed by atoms with van der Waals surface area (Å²) in [6.45, 7) is 6.17. The van der Waals surface area contributed by atoms with Gasteiger partial charge in [0.15, 0.2) is 22.9 Å². The van der Waals surface area contributed by atoms with E-state index in [-0.39, 0.29) is 36.2 Å². The molecule has 0 spiro atoms. The molecule has 68 heavy (non-hydrogen) atoms. The second-order valence-electron chi connectivity index (χ2n) is 17.1. The van der Waals surface area contributed by atoms with Gasteiger partial charge < -0.3 is 40.2 Å². The van der Waals surface area contributed by atoms with Gasteiger partial charge in [0.1, 0.15) is 47.3 Å². The van der Waals surface area contributed by atoms with Crippen LogP contribution in [0.3, 0.4) is 0 Å². The fraction of sp³-hybridized carbons (Fsp3) is 0.298. The van der Waals surface area contributed by atoms with Gasteiger partial charge in [-0.1, -0.05) is 24.8 Å². The van der Waals surface area contributed by atoms with Crippen molar-refractivity contribution in [2.45, 2.75) is 44.2 Å². The second kappa shape index (κ2) is 17.5. The Morgan fingerprint density at radius 3 is 2.47 bits per heavy atom. The van der Waals surface area contributed by atoms with Crippen LogP contribution in [0.5, 0.6) is 11.5 Å². The van der Waals surface area contributed by atoms with E-state index in [0.29, 0.717) is 109 Å². The SMILES string of the molecule is C=C(COC(=O)N1CCN(c2nc(NCc3nc4c(F)c(F)ccc4[nH]3)n3ncc(C4CC4)c3n2)CC1)C(=O)N1CCC[C@@H](n2nc(-c3ccc(Oc4ccccc4)cc3)c3c(N)ncnc32)C1. The zero-order chi connectivity index (χ0) is 46.5. The Labute approximate surface area is 386 Å². The van der Waals surface area contributed by atoms with E-state index in [4.69, 9.17) is 30.3 Å². The van der Waals surface area contributed by atoms with Crippen LogP contribution in [-0.2, 0) is 16.1 Å². The molecule has 8 aromatic rings. The number of ether oxygens (including phenoxy) is 2. The number of halogens is 2. The Morgan fingerprint density at radius 1 is 0.882 bits per heavy atom. The minimum absolute atomic E-state index is 0.0833. The van der Waals surface area contributed by atoms with E-state index in [1.807, 2.05) is 64.2 Å². The van der Waals surface area contributed by atoms with Gasteiger partial charge in [-0.2, -0.15) is 24.7 Å². The Balaban J connectivity index is 0.714. The van der Waals surface area contributed by atoms with Crippen molar-refractivity contribution in [2.75, 3.05) is 61.8 Å². The molecular weight excluding hydrogens is 877 g/mol. The van der Waals surface area contributed by atoms with Crippen molar-refractivity contribution in [1.82, 2.24) is 59.1 Å². The summed E-state index contributed by atoms with van der Waals surface area (Å²) in [5.74, 6) is 0.987. The molecular formula is C47H45F2N15O4. The van der Waals surface area contributed by atoms with Crippen molar-refractivity contribution in [3.8, 4) is 22.8 Å². The molecule has 3 aromatic carbocycles. The number of piperazine rings is 1. The lowest BCUT2D eigenvalue weighted by Crippen LogP contribution is -2.49. The number of aromatic amines is 1. The largest absolute Gasteiger partial charge is 0.457 e. The van der Waals surface area contributed by atoms with Gasteiger partial charge in [-0.15, -0.1) is 0 Å². The highest BCUT2D eigenvalue weighted by molar-refractivity contribution is 5.98. The van der Waals surface area contributed by atoms with Crippen molar-refractivity contribution in [3.05, 3.63) is 114 Å². The van der Waals surface area contributed by atoms with Crippen molar-refractivity contribution in [3.63, 3.8) is 0 Å². The van der Waals surface area contributed by atoms with Crippen LogP contribution in [0.4, 0.5) is 31.3 Å². The van der Waals surface area contributed by atoms with Gasteiger partial charge in [0.05, 0.1) is 29.7 Å². The number of likely N-dealkylation sites (tertiary alicyclic amines) is 1. The van der Waals surface area contributed by atoms with Crippen LogP contribution < -0.4 is 20.7 Å². The number of nitrogens with two attached hydrogens (primary N) is 1. The number of amides is 2. The van der Waals surface area contributed by atoms with Crippen LogP contribution in [0.1, 0.15) is 49.0 Å². The van der Waals surface area contributed by atoms with E-state index >= 15 is 0 Å². The van der Waals surface area contributed by atoms with E-state index in [1.165, 1.54) is 12.4 Å². The molecule has 0 bridgehead atoms. The molecule has 7 heterocycles. The quantitative estimate of drug-likeness (QED) is 0.110. The first-order valence-electron chi connectivity index (χ1n) is 22.4. The molecule has 3 aliphatic rings. The topological polar surface area (TPSA) is 216 Å². The summed E-state index contributed by atoms with van der Waals surface area (Å²) in [4.78, 5) is 58.3. The van der Waals surface area contributed by atoms with Crippen LogP contribution in [0, 0.1) is 11.6 Å². The van der Waals surface area contributed by atoms with Crippen LogP contribution >= 0.6 is 0 Å². The number of rotatable bonds is 12. The molecule has 3 fully saturated rings. The number of piperidine rings is 1. The molecule has 346 valence electrons. The van der Waals surface area contributed by atoms with E-state index in [1.54, 1.807) is 20.5 Å². The number of hydrogen-bond donors (Lipinski definition) is 3. The highest BCUT2D eigenvalue weighted by atomic mass is 19.2. The fourth-order valence-corrected chi connectivity index (χ4v) is 8.85. The molecule has 11 rings (SSSR count). The van der Waals surface area contributed by atoms with Crippen LogP contribution in [0.25, 0.3) is 39.0 Å². The maximum atomic E-state index is 14.4. The number of fused-ring (bicyclic) bond motifs is 3. The van der Waals surface area contributed by atoms with E-state index < -0.39 is 17.7 Å². The Bertz CT molecular complexity index is 3220. The molecule has 1 aliphatic carbocycles. The highest BCUT2D eigenvalue weighted by Crippen LogP contribution is 2.42. The third-order valence-corrected chi connectivity index (χ3v) is 12.6. The van der Waals surface area contributed by atoms with Gasteiger partial charge in [-0.3, -0.25) is 4.79 Å². The molecule has 19 nitrogen and oxygen atoms in total. The molecule has 1 atom stereocenters. The van der Waals surface area contributed by atoms with Crippen molar-refractivity contribution >= 4 is 57.4 Å². The van der Waals surface area contributed by atoms with Gasteiger partial charge in [0, 0.05) is 56.0 Å². The highest BCUT2D eigenvalue weighted by Gasteiger charge is 2.32. The Hall–Kier alpha value is -8.23. The number of para-hydroxylation sites is 1. The van der Waals surface area contributed by atoms with Crippen molar-refractivity contribution in [2.24, 2.45) is 0 Å². The smallest absolute Gasteiger partial charge is 0.410 e. The number of hydrogen-bond acceptors (Lipinski definition) is 14. The summed E-state index contributed by atoms with van der Waals surface area (Å²) < 4.78 is 43.4. The summed E-state index contributed by atoms with van der Waals surface area (Å²) in [6, 6.07) is 19.4. The summed E-state index contributed by atoms with van der Waals surface area (Å²) in [5, 5.41) is 13.4. The molecule has 5 aromatic heterocycles. The lowest BCUT2D eigenvalue weighted by molar-refractivity contribution is -0.129. The monoisotopic (exact) mass is 921 g/mol. The minimum atomic E-state index is -1.02. The molecule has 21 heteroatoms. The van der Waals surface area contributed by atoms with Crippen LogP contribution in [-0.4, -0.2) is 117 Å². The van der Waals surface area contributed by atoms with Gasteiger partial charge in [-0.05, 0) is 80.1 Å². The van der Waals surface area contributed by atoms with Crippen LogP contribution in [0.2, 0.25) is 0 Å². The van der Waals surface area contributed by atoms with E-state index in [2.05, 4.69) is 36.9 Å². The molecule has 2 aliphatic heterocycles. The predicted octanol–water partition coefficient (Wildman–Crippen LogP) is 6.63. The zero-order valence-corrected chi connectivity index (χ0v) is 36.7. The molecule has 2 saturated heterocycles. The van der Waals surface area contributed by atoms with Crippen molar-refractivity contribution < 1.29 is 27.8 Å². The number of imidazole rings is 1. The standard InChI is InChI=1S/C47H45F2N15O4/c1-27(44(65)62-17-5-6-30(24-62)63-43-37(41(50)52-26-53-43)39(59-63)29-11-13-32(14-12-29)68-31-7-3-2-4-8-31)25-67-47(66)61-20-18-60(19-21-61)46-57-42-33(28-9-10-28)22-54-64(42)45(58-46)51-23-36-55-35-16-15-34(48)38(49)40(35)56-36/h2-4,7-8,11-16,22,26,28,30H,1,5-6,9-10,17-21,23-25H2,(H,55,56)(H2,50,52,53)(H,51,57,58)/t30-/m1/s1. The molecule has 0 unspecified atom stereocenters. The average molecular weight is 922 g/mol. The zero-order valence-electron chi connectivity index (χ0n) is 36.7. The van der Waals surface area contributed by atoms with Gasteiger partial charge in [0.2, 0.25) is 11.9 Å². The predicted molar refractivity (Wildman–Crippen MR) is 247 cm³/mol. The summed E-state index contributed by atoms with van der Waals surface area (Å²) in [6.07, 6.45) is 6.19. The number of anilines is 3. The summed E-state index contributed by atoms with van der Waals surface area (Å²) >= 11 is 0. The second-order valence-corrected chi connectivity index (χ2v) is 17.1. The first kappa shape index (κ1) is 42.4. The molecule has 1 saturated carbocycles. The normalized spacial score (nSPS) is 16.4. The molecule has 0 radical (unpaired) electrons. The number of benzene rings is 3. The van der Waals surface area contributed by atoms with Crippen molar-refractivity contribution in [1.29, 1.82) is 0 Å². The number of H-pyrrole nitrogens is 1.